The van der Waals surface area contributed by atoms with Crippen molar-refractivity contribution < 1.29 is 0 Å². The van der Waals surface area contributed by atoms with Crippen LogP contribution in [0.3, 0.4) is 0 Å². The zero-order valence-corrected chi connectivity index (χ0v) is 22.8. The molecule has 8 aromatic rings. The summed E-state index contributed by atoms with van der Waals surface area (Å²) in [5.74, 6) is 0.889. The van der Waals surface area contributed by atoms with Crippen molar-refractivity contribution >= 4 is 76.0 Å². The summed E-state index contributed by atoms with van der Waals surface area (Å²) in [6, 6.07) is 29.9. The number of rotatable bonds is 4. The van der Waals surface area contributed by atoms with Crippen LogP contribution in [0.1, 0.15) is 11.3 Å². The van der Waals surface area contributed by atoms with E-state index < -0.39 is 0 Å². The van der Waals surface area contributed by atoms with Gasteiger partial charge in [0.05, 0.1) is 11.0 Å². The van der Waals surface area contributed by atoms with Crippen LogP contribution in [0.5, 0.6) is 0 Å². The number of nitrogens with zero attached hydrogens (tertiary/aromatic N) is 1. The van der Waals surface area contributed by atoms with E-state index in [1.54, 1.807) is 0 Å². The van der Waals surface area contributed by atoms with Gasteiger partial charge in [-0.25, -0.2) is 4.98 Å². The summed E-state index contributed by atoms with van der Waals surface area (Å²) >= 11 is 3.61. The Hall–Kier alpha value is -4.55. The van der Waals surface area contributed by atoms with Gasteiger partial charge in [-0.1, -0.05) is 64.5 Å². The monoisotopic (exact) mass is 569 g/mol. The summed E-state index contributed by atoms with van der Waals surface area (Å²) in [5, 5.41) is 10.8. The SMILES string of the molecule is Cc1[nH]c2ccccc2c1-c1nc2c3ccccc3c3ccc(NCc4c[nH]c5ccc(Br)cc45)cc3c2[nH]1. The van der Waals surface area contributed by atoms with Crippen molar-refractivity contribution in [1.29, 1.82) is 0 Å². The highest BCUT2D eigenvalue weighted by Crippen LogP contribution is 2.38. The number of halogens is 1. The average Bonchev–Trinajstić information content (AvgIpc) is 3.66. The zero-order valence-electron chi connectivity index (χ0n) is 21.2. The molecule has 0 bridgehead atoms. The van der Waals surface area contributed by atoms with E-state index in [1.165, 1.54) is 27.1 Å². The van der Waals surface area contributed by atoms with E-state index >= 15 is 0 Å². The van der Waals surface area contributed by atoms with Gasteiger partial charge < -0.3 is 20.3 Å². The molecule has 3 aromatic heterocycles. The van der Waals surface area contributed by atoms with Crippen molar-refractivity contribution in [1.82, 2.24) is 19.9 Å². The number of nitrogens with one attached hydrogen (secondary N) is 4. The number of anilines is 1. The summed E-state index contributed by atoms with van der Waals surface area (Å²) in [4.78, 5) is 15.8. The Labute approximate surface area is 232 Å². The molecule has 0 radical (unpaired) electrons. The number of aromatic nitrogens is 4. The van der Waals surface area contributed by atoms with Gasteiger partial charge in [0.1, 0.15) is 5.82 Å². The van der Waals surface area contributed by atoms with Gasteiger partial charge in [-0.05, 0) is 59.7 Å². The molecule has 0 aliphatic heterocycles. The highest BCUT2D eigenvalue weighted by molar-refractivity contribution is 9.10. The molecular formula is C33H24BrN5. The molecule has 8 rings (SSSR count). The molecule has 5 nitrogen and oxygen atoms in total. The minimum absolute atomic E-state index is 0.724. The third kappa shape index (κ3) is 3.48. The minimum Gasteiger partial charge on any atom is -0.381 e. The van der Waals surface area contributed by atoms with Crippen LogP contribution in [0.4, 0.5) is 5.69 Å². The predicted molar refractivity (Wildman–Crippen MR) is 166 cm³/mol. The minimum atomic E-state index is 0.724. The van der Waals surface area contributed by atoms with Crippen molar-refractivity contribution in [2.75, 3.05) is 5.32 Å². The van der Waals surface area contributed by atoms with Gasteiger partial charge in [-0.3, -0.25) is 0 Å². The first-order chi connectivity index (χ1) is 19.1. The molecule has 0 unspecified atom stereocenters. The van der Waals surface area contributed by atoms with Crippen LogP contribution in [0.25, 0.3) is 65.8 Å². The van der Waals surface area contributed by atoms with Crippen LogP contribution < -0.4 is 5.32 Å². The van der Waals surface area contributed by atoms with Crippen molar-refractivity contribution in [3.8, 4) is 11.4 Å². The van der Waals surface area contributed by atoms with Crippen LogP contribution in [-0.2, 0) is 6.54 Å². The normalized spacial score (nSPS) is 11.9. The largest absolute Gasteiger partial charge is 0.381 e. The Morgan fingerprint density at radius 2 is 1.54 bits per heavy atom. The van der Waals surface area contributed by atoms with E-state index in [0.717, 1.165) is 66.6 Å². The molecule has 0 aliphatic carbocycles. The lowest BCUT2D eigenvalue weighted by Crippen LogP contribution is -1.98. The van der Waals surface area contributed by atoms with Crippen LogP contribution >= 0.6 is 15.9 Å². The molecule has 0 atom stereocenters. The van der Waals surface area contributed by atoms with Crippen LogP contribution in [-0.4, -0.2) is 19.9 Å². The number of aromatic amines is 3. The molecule has 4 N–H and O–H groups in total. The summed E-state index contributed by atoms with van der Waals surface area (Å²) in [7, 11) is 0. The van der Waals surface area contributed by atoms with Gasteiger partial charge in [0.15, 0.2) is 0 Å². The molecule has 6 heteroatoms. The summed E-state index contributed by atoms with van der Waals surface area (Å²) in [6.07, 6.45) is 2.08. The lowest BCUT2D eigenvalue weighted by atomic mass is 9.99. The molecule has 0 saturated carbocycles. The maximum atomic E-state index is 5.20. The standard InChI is InChI=1S/C33H24BrN5/c1-18-30(25-8-4-5-9-29(25)37-18)33-38-31-24-7-3-2-6-22(24)23-12-11-21(15-27(23)32(31)39-33)35-16-19-17-36-28-13-10-20(34)14-26(19)28/h2-15,17,35-37H,16H2,1H3,(H,38,39). The van der Waals surface area contributed by atoms with Gasteiger partial charge in [0.2, 0.25) is 0 Å². The Morgan fingerprint density at radius 3 is 2.44 bits per heavy atom. The van der Waals surface area contributed by atoms with Crippen molar-refractivity contribution in [3.63, 3.8) is 0 Å². The van der Waals surface area contributed by atoms with Crippen molar-refractivity contribution in [3.05, 3.63) is 107 Å². The first-order valence-electron chi connectivity index (χ1n) is 13.1. The number of hydrogen-bond acceptors (Lipinski definition) is 2. The number of aryl methyl sites for hydroxylation is 1. The van der Waals surface area contributed by atoms with Gasteiger partial charge in [0, 0.05) is 66.7 Å². The third-order valence-electron chi connectivity index (χ3n) is 7.81. The first kappa shape index (κ1) is 22.4. The quantitative estimate of drug-likeness (QED) is 0.159. The number of imidazole rings is 1. The zero-order chi connectivity index (χ0) is 26.1. The third-order valence-corrected chi connectivity index (χ3v) is 8.30. The first-order valence-corrected chi connectivity index (χ1v) is 13.8. The Kier molecular flexibility index (Phi) is 4.88. The number of fused-ring (bicyclic) bond motifs is 8. The van der Waals surface area contributed by atoms with E-state index in [9.17, 15) is 0 Å². The molecule has 0 amide bonds. The second-order valence-corrected chi connectivity index (χ2v) is 11.1. The van der Waals surface area contributed by atoms with Crippen LogP contribution in [0.2, 0.25) is 0 Å². The summed E-state index contributed by atoms with van der Waals surface area (Å²) in [5.41, 5.74) is 8.85. The average molecular weight is 570 g/mol. The second-order valence-electron chi connectivity index (χ2n) is 10.1. The highest BCUT2D eigenvalue weighted by atomic mass is 79.9. The summed E-state index contributed by atoms with van der Waals surface area (Å²) < 4.78 is 1.08. The molecule has 0 fully saturated rings. The molecule has 0 spiro atoms. The van der Waals surface area contributed by atoms with Crippen LogP contribution in [0, 0.1) is 6.92 Å². The molecule has 0 saturated heterocycles. The lowest BCUT2D eigenvalue weighted by Gasteiger charge is -2.10. The van der Waals surface area contributed by atoms with E-state index in [1.807, 2.05) is 0 Å². The lowest BCUT2D eigenvalue weighted by molar-refractivity contribution is 1.16. The van der Waals surface area contributed by atoms with Gasteiger partial charge in [-0.15, -0.1) is 0 Å². The fraction of sp³-hybridized carbons (Fsp3) is 0.0606. The number of H-pyrrole nitrogens is 3. The Bertz CT molecular complexity index is 2220. The maximum Gasteiger partial charge on any atom is 0.140 e. The second kappa shape index (κ2) is 8.48. The number of hydrogen-bond donors (Lipinski definition) is 4. The fourth-order valence-electron chi connectivity index (χ4n) is 5.98. The fourth-order valence-corrected chi connectivity index (χ4v) is 6.34. The van der Waals surface area contributed by atoms with Gasteiger partial charge in [0.25, 0.3) is 0 Å². The highest BCUT2D eigenvalue weighted by Gasteiger charge is 2.18. The topological polar surface area (TPSA) is 72.3 Å². The molecule has 188 valence electrons. The maximum absolute atomic E-state index is 5.20. The Morgan fingerprint density at radius 1 is 0.744 bits per heavy atom. The molecule has 5 aromatic carbocycles. The molecule has 3 heterocycles. The van der Waals surface area contributed by atoms with Crippen molar-refractivity contribution in [2.24, 2.45) is 0 Å². The molecular weight excluding hydrogens is 546 g/mol. The smallest absolute Gasteiger partial charge is 0.140 e. The van der Waals surface area contributed by atoms with Gasteiger partial charge >= 0.3 is 0 Å². The van der Waals surface area contributed by atoms with E-state index in [2.05, 4.69) is 134 Å². The van der Waals surface area contributed by atoms with Crippen molar-refractivity contribution in [2.45, 2.75) is 13.5 Å². The molecule has 39 heavy (non-hydrogen) atoms. The van der Waals surface area contributed by atoms with E-state index in [4.69, 9.17) is 4.98 Å². The van der Waals surface area contributed by atoms with Gasteiger partial charge in [-0.2, -0.15) is 0 Å². The van der Waals surface area contributed by atoms with E-state index in [-0.39, 0.29) is 0 Å². The molecule has 0 aliphatic rings. The summed E-state index contributed by atoms with van der Waals surface area (Å²) in [6.45, 7) is 2.84. The Balaban J connectivity index is 1.29. The van der Waals surface area contributed by atoms with Crippen LogP contribution in [0.15, 0.2) is 95.6 Å². The number of para-hydroxylation sites is 1. The van der Waals surface area contributed by atoms with E-state index in [0.29, 0.717) is 0 Å². The predicted octanol–water partition coefficient (Wildman–Crippen LogP) is 9.18. The number of benzene rings is 5.